The zero-order valence-electron chi connectivity index (χ0n) is 25.4. The highest BCUT2D eigenvalue weighted by Crippen LogP contribution is 2.41. The Morgan fingerprint density at radius 3 is 1.78 bits per heavy atom. The van der Waals surface area contributed by atoms with Crippen LogP contribution in [0.2, 0.25) is 0 Å². The molecule has 0 aliphatic carbocycles. The summed E-state index contributed by atoms with van der Waals surface area (Å²) in [6, 6.07) is 54.2. The summed E-state index contributed by atoms with van der Waals surface area (Å²) in [7, 11) is 0. The molecule has 0 atom stereocenters. The van der Waals surface area contributed by atoms with Crippen LogP contribution < -0.4 is 0 Å². The molecule has 2 heteroatoms. The maximum absolute atomic E-state index is 10.0. The summed E-state index contributed by atoms with van der Waals surface area (Å²) in [5, 5.41) is 15.0. The van der Waals surface area contributed by atoms with Crippen molar-refractivity contribution in [2.24, 2.45) is 0 Å². The van der Waals surface area contributed by atoms with E-state index >= 15 is 0 Å². The van der Waals surface area contributed by atoms with Crippen LogP contribution in [0.3, 0.4) is 0 Å². The Hall–Kier alpha value is -5.75. The van der Waals surface area contributed by atoms with E-state index in [0.717, 1.165) is 38.8 Å². The Labute approximate surface area is 273 Å². The molecule has 0 N–H and O–H groups in total. The molecule has 0 saturated carbocycles. The normalized spacial score (nSPS) is 11.2. The van der Waals surface area contributed by atoms with E-state index in [2.05, 4.69) is 146 Å². The van der Waals surface area contributed by atoms with Crippen LogP contribution in [0.1, 0.15) is 18.1 Å². The number of nitriles is 1. The van der Waals surface area contributed by atoms with Gasteiger partial charge in [-0.25, -0.2) is 0 Å². The number of allylic oxidation sites excluding steroid dienone is 1. The molecule has 216 valence electrons. The van der Waals surface area contributed by atoms with Gasteiger partial charge in [-0.1, -0.05) is 133 Å². The molecular weight excluding hydrogens is 575 g/mol. The van der Waals surface area contributed by atoms with Gasteiger partial charge >= 0.3 is 0 Å². The highest BCUT2D eigenvalue weighted by molar-refractivity contribution is 7.26. The van der Waals surface area contributed by atoms with E-state index in [1.807, 2.05) is 30.4 Å². The summed E-state index contributed by atoms with van der Waals surface area (Å²) >= 11 is 1.85. The van der Waals surface area contributed by atoms with Gasteiger partial charge < -0.3 is 0 Å². The maximum atomic E-state index is 10.0. The number of hydrogen-bond acceptors (Lipinski definition) is 2. The molecule has 1 nitrogen and oxygen atoms in total. The molecule has 8 rings (SSSR count). The third-order valence-corrected chi connectivity index (χ3v) is 10.1. The molecule has 0 radical (unpaired) electrons. The standard InChI is InChI=1S/C44H29NS/c1-28(2)30-14-18-32(19-15-30)36-22-23-37(40-9-4-3-8-39(36)40)35-25-29(27-45)24-34(26-35)31-16-20-33(21-17-31)38-11-7-12-42-41-10-5-6-13-43(41)46-44(38)42/h3-26H,1H2,2H3. The van der Waals surface area contributed by atoms with Crippen molar-refractivity contribution < 1.29 is 0 Å². The maximum Gasteiger partial charge on any atom is 0.0992 e. The molecule has 0 spiro atoms. The average molecular weight is 604 g/mol. The highest BCUT2D eigenvalue weighted by Gasteiger charge is 2.14. The lowest BCUT2D eigenvalue weighted by atomic mass is 9.89. The minimum absolute atomic E-state index is 0.648. The molecule has 0 fully saturated rings. The van der Waals surface area contributed by atoms with E-state index in [9.17, 15) is 5.26 Å². The largest absolute Gasteiger partial charge is 0.192 e. The van der Waals surface area contributed by atoms with Crippen LogP contribution in [0.5, 0.6) is 0 Å². The Bertz CT molecular complexity index is 2490. The molecule has 0 saturated heterocycles. The predicted molar refractivity (Wildman–Crippen MR) is 198 cm³/mol. The quantitative estimate of drug-likeness (QED) is 0.192. The first-order chi connectivity index (χ1) is 22.6. The number of rotatable bonds is 5. The number of fused-ring (bicyclic) bond motifs is 4. The zero-order valence-corrected chi connectivity index (χ0v) is 26.2. The lowest BCUT2D eigenvalue weighted by Crippen LogP contribution is -1.89. The number of thiophene rings is 1. The SMILES string of the molecule is C=C(C)c1ccc(-c2ccc(-c3cc(C#N)cc(-c4ccc(-c5cccc6c5sc5ccccc56)cc4)c3)c3ccccc23)cc1. The minimum Gasteiger partial charge on any atom is -0.192 e. The molecular formula is C44H29NS. The van der Waals surface area contributed by atoms with Gasteiger partial charge in [0.15, 0.2) is 0 Å². The number of hydrogen-bond donors (Lipinski definition) is 0. The summed E-state index contributed by atoms with van der Waals surface area (Å²) < 4.78 is 2.62. The van der Waals surface area contributed by atoms with E-state index in [-0.39, 0.29) is 0 Å². The molecule has 1 aromatic heterocycles. The fraction of sp³-hybridized carbons (Fsp3) is 0.0227. The molecule has 1 heterocycles. The zero-order chi connectivity index (χ0) is 31.2. The fourth-order valence-electron chi connectivity index (χ4n) is 6.57. The van der Waals surface area contributed by atoms with Gasteiger partial charge in [0.05, 0.1) is 11.6 Å². The monoisotopic (exact) mass is 603 g/mol. The second-order valence-corrected chi connectivity index (χ2v) is 12.9. The van der Waals surface area contributed by atoms with Gasteiger partial charge in [0.2, 0.25) is 0 Å². The minimum atomic E-state index is 0.648. The lowest BCUT2D eigenvalue weighted by Gasteiger charge is -2.14. The Morgan fingerprint density at radius 1 is 0.522 bits per heavy atom. The Kier molecular flexibility index (Phi) is 6.83. The average Bonchev–Trinajstić information content (AvgIpc) is 3.50. The van der Waals surface area contributed by atoms with Gasteiger partial charge in [-0.2, -0.15) is 5.26 Å². The molecule has 0 bridgehead atoms. The van der Waals surface area contributed by atoms with Crippen LogP contribution in [-0.4, -0.2) is 0 Å². The van der Waals surface area contributed by atoms with Crippen molar-refractivity contribution >= 4 is 47.9 Å². The molecule has 0 aliphatic heterocycles. The third-order valence-electron chi connectivity index (χ3n) is 8.92. The molecule has 0 aliphatic rings. The van der Waals surface area contributed by atoms with Crippen molar-refractivity contribution in [1.82, 2.24) is 0 Å². The lowest BCUT2D eigenvalue weighted by molar-refractivity contribution is 1.48. The predicted octanol–water partition coefficient (Wildman–Crippen LogP) is 12.8. The Morgan fingerprint density at radius 2 is 1.09 bits per heavy atom. The van der Waals surface area contributed by atoms with Gasteiger partial charge in [-0.3, -0.25) is 0 Å². The van der Waals surface area contributed by atoms with E-state index < -0.39 is 0 Å². The van der Waals surface area contributed by atoms with Crippen molar-refractivity contribution in [1.29, 1.82) is 5.26 Å². The molecule has 8 aromatic rings. The first kappa shape index (κ1) is 27.8. The van der Waals surface area contributed by atoms with Crippen molar-refractivity contribution in [2.45, 2.75) is 6.92 Å². The van der Waals surface area contributed by atoms with Crippen LogP contribution in [-0.2, 0) is 0 Å². The van der Waals surface area contributed by atoms with Gasteiger partial charge in [0, 0.05) is 20.2 Å². The first-order valence-corrected chi connectivity index (χ1v) is 16.2. The summed E-state index contributed by atoms with van der Waals surface area (Å²) in [4.78, 5) is 0. The van der Waals surface area contributed by atoms with Gasteiger partial charge in [0.1, 0.15) is 0 Å². The van der Waals surface area contributed by atoms with E-state index in [0.29, 0.717) is 5.56 Å². The number of nitrogens with zero attached hydrogens (tertiary/aromatic N) is 1. The van der Waals surface area contributed by atoms with Crippen molar-refractivity contribution in [3.63, 3.8) is 0 Å². The Balaban J connectivity index is 1.20. The van der Waals surface area contributed by atoms with E-state index in [1.165, 1.54) is 47.8 Å². The summed E-state index contributed by atoms with van der Waals surface area (Å²) in [6.07, 6.45) is 0. The van der Waals surface area contributed by atoms with Crippen LogP contribution in [0, 0.1) is 11.3 Å². The second kappa shape index (κ2) is 11.3. The topological polar surface area (TPSA) is 23.8 Å². The van der Waals surface area contributed by atoms with Crippen LogP contribution in [0.25, 0.3) is 81.0 Å². The van der Waals surface area contributed by atoms with Crippen LogP contribution in [0.4, 0.5) is 0 Å². The van der Waals surface area contributed by atoms with E-state index in [1.54, 1.807) is 0 Å². The molecule has 0 amide bonds. The van der Waals surface area contributed by atoms with Crippen molar-refractivity contribution in [2.75, 3.05) is 0 Å². The fourth-order valence-corrected chi connectivity index (χ4v) is 7.81. The summed E-state index contributed by atoms with van der Waals surface area (Å²) in [6.45, 7) is 6.11. The number of benzene rings is 7. The first-order valence-electron chi connectivity index (χ1n) is 15.4. The van der Waals surface area contributed by atoms with Gasteiger partial charge in [0.25, 0.3) is 0 Å². The smallest absolute Gasteiger partial charge is 0.0992 e. The second-order valence-electron chi connectivity index (χ2n) is 11.8. The third kappa shape index (κ3) is 4.79. The van der Waals surface area contributed by atoms with Crippen LogP contribution >= 0.6 is 11.3 Å². The summed E-state index contributed by atoms with van der Waals surface area (Å²) in [5.74, 6) is 0. The molecule has 46 heavy (non-hydrogen) atoms. The molecule has 7 aromatic carbocycles. The van der Waals surface area contributed by atoms with Crippen LogP contribution in [0.15, 0.2) is 152 Å². The van der Waals surface area contributed by atoms with Gasteiger partial charge in [-0.15, -0.1) is 11.3 Å². The van der Waals surface area contributed by atoms with Crippen molar-refractivity contribution in [3.05, 3.63) is 163 Å². The van der Waals surface area contributed by atoms with E-state index in [4.69, 9.17) is 0 Å². The molecule has 0 unspecified atom stereocenters. The highest BCUT2D eigenvalue weighted by atomic mass is 32.1. The van der Waals surface area contributed by atoms with Gasteiger partial charge in [-0.05, 0) is 92.0 Å². The van der Waals surface area contributed by atoms with Crippen molar-refractivity contribution in [3.8, 4) is 50.6 Å². The summed E-state index contributed by atoms with van der Waals surface area (Å²) in [5.41, 5.74) is 11.9.